The predicted octanol–water partition coefficient (Wildman–Crippen LogP) is -0.115. The van der Waals surface area contributed by atoms with Crippen molar-refractivity contribution in [1.82, 2.24) is 15.0 Å². The highest BCUT2D eigenvalue weighted by atomic mass is 16.5. The molecule has 0 aromatic carbocycles. The molecule has 13 heavy (non-hydrogen) atoms. The molecule has 0 saturated carbocycles. The van der Waals surface area contributed by atoms with Gasteiger partial charge in [-0.1, -0.05) is 5.21 Å². The summed E-state index contributed by atoms with van der Waals surface area (Å²) >= 11 is 0. The molecule has 2 unspecified atom stereocenters. The molecule has 0 amide bonds. The van der Waals surface area contributed by atoms with Crippen molar-refractivity contribution < 1.29 is 9.84 Å². The Hall–Kier alpha value is -0.940. The van der Waals surface area contributed by atoms with E-state index in [1.54, 1.807) is 17.9 Å². The Labute approximate surface area is 76.3 Å². The van der Waals surface area contributed by atoms with Gasteiger partial charge in [-0.2, -0.15) is 0 Å². The Bertz CT molecular complexity index is 281. The van der Waals surface area contributed by atoms with Gasteiger partial charge in [-0.15, -0.1) is 5.10 Å². The van der Waals surface area contributed by atoms with Crippen molar-refractivity contribution in [3.63, 3.8) is 0 Å². The van der Waals surface area contributed by atoms with Crippen LogP contribution in [0.3, 0.4) is 0 Å². The molecule has 1 aliphatic heterocycles. The lowest BCUT2D eigenvalue weighted by Crippen LogP contribution is -2.12. The van der Waals surface area contributed by atoms with Crippen molar-refractivity contribution in [3.05, 3.63) is 11.9 Å². The van der Waals surface area contributed by atoms with Gasteiger partial charge in [-0.05, 0) is 6.42 Å². The van der Waals surface area contributed by atoms with Crippen LogP contribution in [0.1, 0.15) is 18.2 Å². The zero-order chi connectivity index (χ0) is 9.26. The molecule has 0 bridgehead atoms. The molecule has 1 saturated heterocycles. The quantitative estimate of drug-likeness (QED) is 0.694. The van der Waals surface area contributed by atoms with Crippen molar-refractivity contribution in [1.29, 1.82) is 0 Å². The normalized spacial score (nSPS) is 24.9. The van der Waals surface area contributed by atoms with E-state index in [1.165, 1.54) is 0 Å². The second-order valence-electron chi connectivity index (χ2n) is 3.39. The van der Waals surface area contributed by atoms with Gasteiger partial charge in [-0.3, -0.25) is 4.68 Å². The maximum atomic E-state index is 9.84. The molecule has 5 nitrogen and oxygen atoms in total. The Balaban J connectivity index is 2.07. The van der Waals surface area contributed by atoms with Gasteiger partial charge in [0.15, 0.2) is 0 Å². The first kappa shape index (κ1) is 8.65. The maximum absolute atomic E-state index is 9.84. The van der Waals surface area contributed by atoms with Crippen molar-refractivity contribution in [2.75, 3.05) is 13.2 Å². The van der Waals surface area contributed by atoms with Crippen LogP contribution in [-0.2, 0) is 11.8 Å². The highest BCUT2D eigenvalue weighted by Gasteiger charge is 2.26. The molecule has 0 radical (unpaired) electrons. The largest absolute Gasteiger partial charge is 0.386 e. The maximum Gasteiger partial charge on any atom is 0.112 e. The third-order valence-electron chi connectivity index (χ3n) is 2.33. The summed E-state index contributed by atoms with van der Waals surface area (Å²) < 4.78 is 6.78. The van der Waals surface area contributed by atoms with E-state index in [2.05, 4.69) is 10.3 Å². The van der Waals surface area contributed by atoms with E-state index in [1.807, 2.05) is 0 Å². The molecule has 1 aromatic heterocycles. The highest BCUT2D eigenvalue weighted by molar-refractivity contribution is 4.99. The molecule has 1 fully saturated rings. The van der Waals surface area contributed by atoms with Gasteiger partial charge in [0.05, 0.1) is 12.8 Å². The molecule has 1 aromatic rings. The predicted molar refractivity (Wildman–Crippen MR) is 44.9 cm³/mol. The number of aromatic nitrogens is 3. The fraction of sp³-hybridized carbons (Fsp3) is 0.750. The van der Waals surface area contributed by atoms with E-state index in [-0.39, 0.29) is 5.92 Å². The Morgan fingerprint density at radius 1 is 1.77 bits per heavy atom. The van der Waals surface area contributed by atoms with Crippen LogP contribution in [0.15, 0.2) is 6.20 Å². The van der Waals surface area contributed by atoms with Crippen LogP contribution in [0.5, 0.6) is 0 Å². The third kappa shape index (κ3) is 1.71. The van der Waals surface area contributed by atoms with E-state index in [0.717, 1.165) is 13.0 Å². The number of nitrogens with zero attached hydrogens (tertiary/aromatic N) is 3. The van der Waals surface area contributed by atoms with E-state index < -0.39 is 6.10 Å². The van der Waals surface area contributed by atoms with Crippen LogP contribution in [0.2, 0.25) is 0 Å². The first-order chi connectivity index (χ1) is 6.27. The minimum atomic E-state index is -0.531. The molecular formula is C8H13N3O2. The summed E-state index contributed by atoms with van der Waals surface area (Å²) in [4.78, 5) is 0. The standard InChI is InChI=1S/C8H13N3O2/c1-11-4-7(9-10-11)8(12)6-2-3-13-5-6/h4,6,8,12H,2-3,5H2,1H3. The summed E-state index contributed by atoms with van der Waals surface area (Å²) in [6.07, 6.45) is 2.11. The molecular weight excluding hydrogens is 170 g/mol. The first-order valence-electron chi connectivity index (χ1n) is 4.39. The summed E-state index contributed by atoms with van der Waals surface area (Å²) in [5.74, 6) is 0.177. The summed E-state index contributed by atoms with van der Waals surface area (Å²) in [5.41, 5.74) is 0.637. The fourth-order valence-electron chi connectivity index (χ4n) is 1.54. The topological polar surface area (TPSA) is 60.2 Å². The number of hydrogen-bond donors (Lipinski definition) is 1. The molecule has 1 aliphatic rings. The zero-order valence-corrected chi connectivity index (χ0v) is 7.55. The Morgan fingerprint density at radius 3 is 3.15 bits per heavy atom. The SMILES string of the molecule is Cn1cc(C(O)C2CCOC2)nn1. The molecule has 0 spiro atoms. The van der Waals surface area contributed by atoms with Gasteiger partial charge < -0.3 is 9.84 Å². The van der Waals surface area contributed by atoms with Crippen LogP contribution in [0.25, 0.3) is 0 Å². The van der Waals surface area contributed by atoms with Crippen LogP contribution >= 0.6 is 0 Å². The zero-order valence-electron chi connectivity index (χ0n) is 7.55. The lowest BCUT2D eigenvalue weighted by atomic mass is 10.00. The number of hydrogen-bond acceptors (Lipinski definition) is 4. The van der Waals surface area contributed by atoms with Crippen molar-refractivity contribution in [2.24, 2.45) is 13.0 Å². The second-order valence-corrected chi connectivity index (χ2v) is 3.39. The minimum absolute atomic E-state index is 0.177. The number of ether oxygens (including phenoxy) is 1. The Kier molecular flexibility index (Phi) is 2.28. The molecule has 1 N–H and O–H groups in total. The molecule has 2 rings (SSSR count). The van der Waals surface area contributed by atoms with Gasteiger partial charge in [0.2, 0.25) is 0 Å². The van der Waals surface area contributed by atoms with E-state index in [9.17, 15) is 5.11 Å². The van der Waals surface area contributed by atoms with Crippen molar-refractivity contribution >= 4 is 0 Å². The third-order valence-corrected chi connectivity index (χ3v) is 2.33. The lowest BCUT2D eigenvalue weighted by molar-refractivity contribution is 0.0884. The van der Waals surface area contributed by atoms with Gasteiger partial charge in [-0.25, -0.2) is 0 Å². The Morgan fingerprint density at radius 2 is 2.62 bits per heavy atom. The summed E-state index contributed by atoms with van der Waals surface area (Å²) in [6, 6.07) is 0. The monoisotopic (exact) mass is 183 g/mol. The van der Waals surface area contributed by atoms with E-state index in [0.29, 0.717) is 12.3 Å². The van der Waals surface area contributed by atoms with E-state index >= 15 is 0 Å². The van der Waals surface area contributed by atoms with Gasteiger partial charge in [0.25, 0.3) is 0 Å². The van der Waals surface area contributed by atoms with Crippen LogP contribution in [0.4, 0.5) is 0 Å². The smallest absolute Gasteiger partial charge is 0.112 e. The average Bonchev–Trinajstić information content (AvgIpc) is 2.72. The van der Waals surface area contributed by atoms with Crippen LogP contribution < -0.4 is 0 Å². The van der Waals surface area contributed by atoms with Crippen LogP contribution in [-0.4, -0.2) is 33.3 Å². The second kappa shape index (κ2) is 3.43. The number of aliphatic hydroxyl groups excluding tert-OH is 1. The molecule has 2 atom stereocenters. The average molecular weight is 183 g/mol. The van der Waals surface area contributed by atoms with E-state index in [4.69, 9.17) is 4.74 Å². The van der Waals surface area contributed by atoms with Gasteiger partial charge in [0.1, 0.15) is 11.8 Å². The molecule has 72 valence electrons. The molecule has 5 heteroatoms. The molecule has 0 aliphatic carbocycles. The van der Waals surface area contributed by atoms with Gasteiger partial charge in [0, 0.05) is 19.6 Å². The number of rotatable bonds is 2. The summed E-state index contributed by atoms with van der Waals surface area (Å²) in [6.45, 7) is 1.36. The first-order valence-corrected chi connectivity index (χ1v) is 4.39. The van der Waals surface area contributed by atoms with Crippen LogP contribution in [0, 0.1) is 5.92 Å². The minimum Gasteiger partial charge on any atom is -0.386 e. The summed E-state index contributed by atoms with van der Waals surface area (Å²) in [7, 11) is 1.79. The highest BCUT2D eigenvalue weighted by Crippen LogP contribution is 2.26. The number of aliphatic hydroxyl groups is 1. The summed E-state index contributed by atoms with van der Waals surface area (Å²) in [5, 5.41) is 17.5. The lowest BCUT2D eigenvalue weighted by Gasteiger charge is -2.12. The van der Waals surface area contributed by atoms with Crippen molar-refractivity contribution in [3.8, 4) is 0 Å². The number of aryl methyl sites for hydroxylation is 1. The molecule has 2 heterocycles. The van der Waals surface area contributed by atoms with Gasteiger partial charge >= 0.3 is 0 Å². The fourth-order valence-corrected chi connectivity index (χ4v) is 1.54. The van der Waals surface area contributed by atoms with Crippen molar-refractivity contribution in [2.45, 2.75) is 12.5 Å².